The van der Waals surface area contributed by atoms with Gasteiger partial charge in [-0.1, -0.05) is 12.1 Å². The highest BCUT2D eigenvalue weighted by Crippen LogP contribution is 2.07. The lowest BCUT2D eigenvalue weighted by Crippen LogP contribution is -2.04. The van der Waals surface area contributed by atoms with E-state index in [1.54, 1.807) is 0 Å². The van der Waals surface area contributed by atoms with Crippen molar-refractivity contribution in [3.05, 3.63) is 29.8 Å². The van der Waals surface area contributed by atoms with Gasteiger partial charge < -0.3 is 10.5 Å². The van der Waals surface area contributed by atoms with E-state index < -0.39 is 0 Å². The van der Waals surface area contributed by atoms with Gasteiger partial charge in [0, 0.05) is 12.1 Å². The number of ether oxygens (including phenoxy) is 1. The molecular formula is C10H13NOS. The maximum Gasteiger partial charge on any atom is 0.164 e. The first-order valence-corrected chi connectivity index (χ1v) is 4.63. The second-order valence-electron chi connectivity index (χ2n) is 2.72. The zero-order chi connectivity index (χ0) is 9.68. The molecule has 0 fully saturated rings. The van der Waals surface area contributed by atoms with Crippen LogP contribution >= 0.6 is 12.2 Å². The SMILES string of the molecule is CCOC(=S)Cc1ccc(N)cc1. The summed E-state index contributed by atoms with van der Waals surface area (Å²) >= 11 is 5.01. The molecule has 70 valence electrons. The first-order valence-electron chi connectivity index (χ1n) is 4.22. The van der Waals surface area contributed by atoms with Crippen LogP contribution in [0.5, 0.6) is 0 Å². The Morgan fingerprint density at radius 2 is 2.00 bits per heavy atom. The van der Waals surface area contributed by atoms with E-state index in [0.29, 0.717) is 18.1 Å². The number of anilines is 1. The van der Waals surface area contributed by atoms with Gasteiger partial charge in [-0.15, -0.1) is 0 Å². The summed E-state index contributed by atoms with van der Waals surface area (Å²) in [5, 5.41) is 0.632. The molecule has 2 nitrogen and oxygen atoms in total. The third-order valence-electron chi connectivity index (χ3n) is 1.63. The van der Waals surface area contributed by atoms with Gasteiger partial charge in [0.1, 0.15) is 0 Å². The maximum atomic E-state index is 5.55. The van der Waals surface area contributed by atoms with Crippen molar-refractivity contribution in [2.75, 3.05) is 12.3 Å². The monoisotopic (exact) mass is 195 g/mol. The molecule has 2 N–H and O–H groups in total. The molecule has 0 aliphatic rings. The van der Waals surface area contributed by atoms with Gasteiger partial charge in [-0.2, -0.15) is 0 Å². The van der Waals surface area contributed by atoms with Crippen LogP contribution in [0, 0.1) is 0 Å². The van der Waals surface area contributed by atoms with E-state index in [1.807, 2.05) is 31.2 Å². The molecule has 0 amide bonds. The minimum atomic E-state index is 0.632. The Labute approximate surface area is 83.7 Å². The van der Waals surface area contributed by atoms with Gasteiger partial charge in [-0.3, -0.25) is 0 Å². The first-order chi connectivity index (χ1) is 6.22. The van der Waals surface area contributed by atoms with Gasteiger partial charge in [0.05, 0.1) is 6.61 Å². The molecule has 13 heavy (non-hydrogen) atoms. The zero-order valence-corrected chi connectivity index (χ0v) is 8.43. The minimum absolute atomic E-state index is 0.632. The van der Waals surface area contributed by atoms with Crippen molar-refractivity contribution in [3.63, 3.8) is 0 Å². The Morgan fingerprint density at radius 3 is 2.54 bits per heavy atom. The smallest absolute Gasteiger partial charge is 0.164 e. The molecular weight excluding hydrogens is 182 g/mol. The summed E-state index contributed by atoms with van der Waals surface area (Å²) in [6.07, 6.45) is 0.684. The van der Waals surface area contributed by atoms with Gasteiger partial charge in [0.2, 0.25) is 0 Å². The second-order valence-corrected chi connectivity index (χ2v) is 3.18. The van der Waals surface area contributed by atoms with Crippen LogP contribution < -0.4 is 5.73 Å². The summed E-state index contributed by atoms with van der Waals surface area (Å²) in [5.41, 5.74) is 7.45. The van der Waals surface area contributed by atoms with Crippen molar-refractivity contribution < 1.29 is 4.74 Å². The highest BCUT2D eigenvalue weighted by atomic mass is 32.1. The number of nitrogen functional groups attached to an aromatic ring is 1. The van der Waals surface area contributed by atoms with Gasteiger partial charge in [0.25, 0.3) is 0 Å². The topological polar surface area (TPSA) is 35.2 Å². The molecule has 0 bridgehead atoms. The molecule has 0 spiro atoms. The van der Waals surface area contributed by atoms with Crippen molar-refractivity contribution >= 4 is 23.0 Å². The lowest BCUT2D eigenvalue weighted by atomic mass is 10.1. The van der Waals surface area contributed by atoms with Gasteiger partial charge in [-0.25, -0.2) is 0 Å². The maximum absolute atomic E-state index is 5.55. The number of benzene rings is 1. The molecule has 1 rings (SSSR count). The highest BCUT2D eigenvalue weighted by Gasteiger charge is 1.98. The van der Waals surface area contributed by atoms with Crippen molar-refractivity contribution in [3.8, 4) is 0 Å². The van der Waals surface area contributed by atoms with Crippen molar-refractivity contribution in [1.29, 1.82) is 0 Å². The average molecular weight is 195 g/mol. The number of rotatable bonds is 3. The molecule has 0 aliphatic carbocycles. The summed E-state index contributed by atoms with van der Waals surface area (Å²) in [4.78, 5) is 0. The van der Waals surface area contributed by atoms with Crippen LogP contribution in [0.2, 0.25) is 0 Å². The van der Waals surface area contributed by atoms with E-state index in [-0.39, 0.29) is 0 Å². The van der Waals surface area contributed by atoms with E-state index in [1.165, 1.54) is 0 Å². The van der Waals surface area contributed by atoms with Crippen LogP contribution in [0.3, 0.4) is 0 Å². The van der Waals surface area contributed by atoms with E-state index in [0.717, 1.165) is 11.3 Å². The molecule has 0 saturated heterocycles. The molecule has 0 aromatic heterocycles. The summed E-state index contributed by atoms with van der Waals surface area (Å²) in [7, 11) is 0. The third kappa shape index (κ3) is 3.42. The van der Waals surface area contributed by atoms with Gasteiger partial charge in [-0.05, 0) is 36.8 Å². The predicted molar refractivity (Wildman–Crippen MR) is 58.8 cm³/mol. The normalized spacial score (nSPS) is 9.62. The summed E-state index contributed by atoms with van der Waals surface area (Å²) in [6, 6.07) is 7.65. The highest BCUT2D eigenvalue weighted by molar-refractivity contribution is 7.80. The summed E-state index contributed by atoms with van der Waals surface area (Å²) in [6.45, 7) is 2.56. The van der Waals surface area contributed by atoms with Crippen molar-refractivity contribution in [1.82, 2.24) is 0 Å². The summed E-state index contributed by atoms with van der Waals surface area (Å²) < 4.78 is 5.18. The van der Waals surface area contributed by atoms with E-state index in [4.69, 9.17) is 22.7 Å². The number of hydrogen-bond donors (Lipinski definition) is 1. The van der Waals surface area contributed by atoms with E-state index in [9.17, 15) is 0 Å². The number of thiocarbonyl (C=S) groups is 1. The van der Waals surface area contributed by atoms with E-state index in [2.05, 4.69) is 0 Å². The predicted octanol–water partition coefficient (Wildman–Crippen LogP) is 2.18. The molecule has 0 atom stereocenters. The van der Waals surface area contributed by atoms with E-state index >= 15 is 0 Å². The van der Waals surface area contributed by atoms with Crippen LogP contribution in [0.25, 0.3) is 0 Å². The fraction of sp³-hybridized carbons (Fsp3) is 0.300. The standard InChI is InChI=1S/C10H13NOS/c1-2-12-10(13)7-8-3-5-9(11)6-4-8/h3-6H,2,7,11H2,1H3. The lowest BCUT2D eigenvalue weighted by Gasteiger charge is -2.04. The molecule has 0 aliphatic heterocycles. The molecule has 0 heterocycles. The van der Waals surface area contributed by atoms with Crippen molar-refractivity contribution in [2.45, 2.75) is 13.3 Å². The summed E-state index contributed by atoms with van der Waals surface area (Å²) in [5.74, 6) is 0. The number of hydrogen-bond acceptors (Lipinski definition) is 3. The fourth-order valence-corrected chi connectivity index (χ4v) is 1.30. The molecule has 0 unspecified atom stereocenters. The van der Waals surface area contributed by atoms with Crippen LogP contribution in [0.15, 0.2) is 24.3 Å². The van der Waals surface area contributed by atoms with Crippen molar-refractivity contribution in [2.24, 2.45) is 0 Å². The van der Waals surface area contributed by atoms with Gasteiger partial charge >= 0.3 is 0 Å². The Kier molecular flexibility index (Phi) is 3.71. The zero-order valence-electron chi connectivity index (χ0n) is 7.62. The molecule has 0 radical (unpaired) electrons. The molecule has 1 aromatic carbocycles. The quantitative estimate of drug-likeness (QED) is 0.593. The number of nitrogens with two attached hydrogens (primary N) is 1. The largest absolute Gasteiger partial charge is 0.487 e. The Hall–Kier alpha value is -1.09. The Balaban J connectivity index is 2.54. The van der Waals surface area contributed by atoms with Crippen LogP contribution in [0.4, 0.5) is 5.69 Å². The first kappa shape index (κ1) is 9.99. The molecule has 1 aromatic rings. The molecule has 0 saturated carbocycles. The molecule has 3 heteroatoms. The third-order valence-corrected chi connectivity index (χ3v) is 1.90. The fourth-order valence-electron chi connectivity index (χ4n) is 1.01. The van der Waals surface area contributed by atoms with Crippen LogP contribution in [-0.4, -0.2) is 11.7 Å². The van der Waals surface area contributed by atoms with Crippen LogP contribution in [0.1, 0.15) is 12.5 Å². The minimum Gasteiger partial charge on any atom is -0.487 e. The average Bonchev–Trinajstić information content (AvgIpc) is 2.09. The Bertz CT molecular complexity index is 281. The Morgan fingerprint density at radius 1 is 1.38 bits per heavy atom. The van der Waals surface area contributed by atoms with Gasteiger partial charge in [0.15, 0.2) is 5.05 Å². The van der Waals surface area contributed by atoms with Crippen LogP contribution in [-0.2, 0) is 11.2 Å². The lowest BCUT2D eigenvalue weighted by molar-refractivity contribution is 0.330. The second kappa shape index (κ2) is 4.82.